The Morgan fingerprint density at radius 3 is 3.14 bits per heavy atom. The van der Waals surface area contributed by atoms with Crippen LogP contribution in [0.5, 0.6) is 0 Å². The van der Waals surface area contributed by atoms with Crippen molar-refractivity contribution in [3.8, 4) is 12.3 Å². The molecule has 2 saturated heterocycles. The maximum absolute atomic E-state index is 5.48. The van der Waals surface area contributed by atoms with Crippen molar-refractivity contribution in [2.75, 3.05) is 45.9 Å². The molecule has 0 saturated carbocycles. The highest BCUT2D eigenvalue weighted by Crippen LogP contribution is 2.13. The summed E-state index contributed by atoms with van der Waals surface area (Å²) >= 11 is 0. The first kappa shape index (κ1) is 9.97. The van der Waals surface area contributed by atoms with E-state index < -0.39 is 0 Å². The Morgan fingerprint density at radius 2 is 2.29 bits per heavy atom. The van der Waals surface area contributed by atoms with Crippen LogP contribution in [0.25, 0.3) is 0 Å². The average molecular weight is 194 g/mol. The average Bonchev–Trinajstić information content (AvgIpc) is 2.26. The summed E-state index contributed by atoms with van der Waals surface area (Å²) in [7, 11) is 0. The van der Waals surface area contributed by atoms with Gasteiger partial charge in [0.15, 0.2) is 0 Å². The summed E-state index contributed by atoms with van der Waals surface area (Å²) < 4.78 is 5.48. The maximum Gasteiger partial charge on any atom is 0.0634 e. The third-order valence-electron chi connectivity index (χ3n) is 3.09. The number of hydrogen-bond acceptors (Lipinski definition) is 3. The van der Waals surface area contributed by atoms with Crippen LogP contribution >= 0.6 is 0 Å². The molecule has 0 aliphatic carbocycles. The van der Waals surface area contributed by atoms with Gasteiger partial charge in [0.1, 0.15) is 0 Å². The Morgan fingerprint density at radius 1 is 1.36 bits per heavy atom. The second-order valence-corrected chi connectivity index (χ2v) is 4.02. The Bertz CT molecular complexity index is 224. The molecule has 3 heteroatoms. The van der Waals surface area contributed by atoms with Gasteiger partial charge in [-0.2, -0.15) is 0 Å². The van der Waals surface area contributed by atoms with E-state index in [9.17, 15) is 0 Å². The lowest BCUT2D eigenvalue weighted by Crippen LogP contribution is -2.58. The molecule has 0 aromatic heterocycles. The van der Waals surface area contributed by atoms with Gasteiger partial charge < -0.3 is 4.74 Å². The molecule has 2 heterocycles. The topological polar surface area (TPSA) is 15.7 Å². The fourth-order valence-corrected chi connectivity index (χ4v) is 2.24. The molecule has 3 nitrogen and oxygen atoms in total. The summed E-state index contributed by atoms with van der Waals surface area (Å²) in [5.41, 5.74) is 0. The zero-order valence-corrected chi connectivity index (χ0v) is 8.61. The van der Waals surface area contributed by atoms with Crippen LogP contribution in [0.1, 0.15) is 6.42 Å². The zero-order valence-electron chi connectivity index (χ0n) is 8.61. The van der Waals surface area contributed by atoms with E-state index in [0.717, 1.165) is 45.8 Å². The van der Waals surface area contributed by atoms with E-state index in [-0.39, 0.29) is 0 Å². The quantitative estimate of drug-likeness (QED) is 0.577. The minimum absolute atomic E-state index is 0.607. The van der Waals surface area contributed by atoms with E-state index in [1.165, 1.54) is 6.54 Å². The van der Waals surface area contributed by atoms with Gasteiger partial charge in [-0.3, -0.25) is 9.80 Å². The van der Waals surface area contributed by atoms with Crippen molar-refractivity contribution in [1.82, 2.24) is 9.80 Å². The van der Waals surface area contributed by atoms with E-state index in [4.69, 9.17) is 11.2 Å². The third-order valence-corrected chi connectivity index (χ3v) is 3.09. The number of terminal acetylenes is 1. The van der Waals surface area contributed by atoms with E-state index in [2.05, 4.69) is 15.7 Å². The molecule has 1 atom stereocenters. The molecule has 2 rings (SSSR count). The van der Waals surface area contributed by atoms with Gasteiger partial charge in [0, 0.05) is 45.2 Å². The third kappa shape index (κ3) is 2.27. The van der Waals surface area contributed by atoms with Crippen LogP contribution in [-0.4, -0.2) is 61.8 Å². The fourth-order valence-electron chi connectivity index (χ4n) is 2.24. The van der Waals surface area contributed by atoms with Crippen molar-refractivity contribution in [1.29, 1.82) is 0 Å². The Balaban J connectivity index is 1.81. The summed E-state index contributed by atoms with van der Waals surface area (Å²) in [5, 5.41) is 0. The molecule has 0 unspecified atom stereocenters. The summed E-state index contributed by atoms with van der Waals surface area (Å²) in [5.74, 6) is 2.70. The molecule has 14 heavy (non-hydrogen) atoms. The molecule has 0 spiro atoms. The van der Waals surface area contributed by atoms with Gasteiger partial charge in [-0.25, -0.2) is 0 Å². The molecule has 0 amide bonds. The van der Waals surface area contributed by atoms with E-state index >= 15 is 0 Å². The van der Waals surface area contributed by atoms with Crippen molar-refractivity contribution in [3.63, 3.8) is 0 Å². The van der Waals surface area contributed by atoms with E-state index in [1.807, 2.05) is 0 Å². The number of fused-ring (bicyclic) bond motifs is 1. The lowest BCUT2D eigenvalue weighted by Gasteiger charge is -2.43. The van der Waals surface area contributed by atoms with Gasteiger partial charge in [0.05, 0.1) is 13.2 Å². The number of rotatable bonds is 2. The predicted molar refractivity (Wildman–Crippen MR) is 56.1 cm³/mol. The van der Waals surface area contributed by atoms with E-state index in [1.54, 1.807) is 0 Å². The molecule has 2 aliphatic rings. The van der Waals surface area contributed by atoms with Crippen molar-refractivity contribution < 1.29 is 4.74 Å². The largest absolute Gasteiger partial charge is 0.378 e. The van der Waals surface area contributed by atoms with Crippen molar-refractivity contribution in [3.05, 3.63) is 0 Å². The normalized spacial score (nSPS) is 29.5. The second kappa shape index (κ2) is 4.79. The van der Waals surface area contributed by atoms with Crippen LogP contribution in [0.2, 0.25) is 0 Å². The number of piperazine rings is 1. The van der Waals surface area contributed by atoms with Crippen LogP contribution in [0.3, 0.4) is 0 Å². The summed E-state index contributed by atoms with van der Waals surface area (Å²) in [4.78, 5) is 4.99. The number of hydrogen-bond donors (Lipinski definition) is 0. The smallest absolute Gasteiger partial charge is 0.0634 e. The zero-order chi connectivity index (χ0) is 9.80. The molecular weight excluding hydrogens is 176 g/mol. The highest BCUT2D eigenvalue weighted by molar-refractivity contribution is 4.88. The van der Waals surface area contributed by atoms with Crippen LogP contribution in [0.15, 0.2) is 0 Å². The number of morpholine rings is 1. The highest BCUT2D eigenvalue weighted by atomic mass is 16.5. The SMILES string of the molecule is C#CCCN1CCN2CCOC[C@@H]2C1. The van der Waals surface area contributed by atoms with Crippen LogP contribution in [0, 0.1) is 12.3 Å². The van der Waals surface area contributed by atoms with E-state index in [0.29, 0.717) is 6.04 Å². The van der Waals surface area contributed by atoms with Crippen LogP contribution in [-0.2, 0) is 4.74 Å². The monoisotopic (exact) mass is 194 g/mol. The van der Waals surface area contributed by atoms with Crippen molar-refractivity contribution >= 4 is 0 Å². The predicted octanol–water partition coefficient (Wildman–Crippen LogP) is 0.0261. The summed E-state index contributed by atoms with van der Waals surface area (Å²) in [6.07, 6.45) is 6.13. The highest BCUT2D eigenvalue weighted by Gasteiger charge is 2.28. The second-order valence-electron chi connectivity index (χ2n) is 4.02. The maximum atomic E-state index is 5.48. The van der Waals surface area contributed by atoms with Crippen molar-refractivity contribution in [2.24, 2.45) is 0 Å². The first-order valence-corrected chi connectivity index (χ1v) is 5.38. The standard InChI is InChI=1S/C11H18N2O/c1-2-3-4-12-5-6-13-7-8-14-10-11(13)9-12/h1,11H,3-10H2/t11-/m0/s1. The van der Waals surface area contributed by atoms with Gasteiger partial charge in [-0.15, -0.1) is 12.3 Å². The first-order chi connectivity index (χ1) is 6.90. The Hall–Kier alpha value is -0.560. The molecule has 0 aromatic rings. The van der Waals surface area contributed by atoms with Gasteiger partial charge in [-0.1, -0.05) is 0 Å². The molecule has 0 aromatic carbocycles. The number of ether oxygens (including phenoxy) is 1. The minimum Gasteiger partial charge on any atom is -0.378 e. The summed E-state index contributed by atoms with van der Waals surface area (Å²) in [6.45, 7) is 7.42. The summed E-state index contributed by atoms with van der Waals surface area (Å²) in [6, 6.07) is 0.607. The molecule has 2 fully saturated rings. The first-order valence-electron chi connectivity index (χ1n) is 5.38. The van der Waals surface area contributed by atoms with Gasteiger partial charge in [-0.05, 0) is 0 Å². The lowest BCUT2D eigenvalue weighted by molar-refractivity contribution is -0.0441. The molecule has 0 bridgehead atoms. The van der Waals surface area contributed by atoms with Gasteiger partial charge in [0.2, 0.25) is 0 Å². The minimum atomic E-state index is 0.607. The number of nitrogens with zero attached hydrogens (tertiary/aromatic N) is 2. The molecular formula is C11H18N2O. The Labute approximate surface area is 86.0 Å². The Kier molecular flexibility index (Phi) is 3.41. The lowest BCUT2D eigenvalue weighted by atomic mass is 10.1. The van der Waals surface area contributed by atoms with Gasteiger partial charge >= 0.3 is 0 Å². The molecule has 2 aliphatic heterocycles. The van der Waals surface area contributed by atoms with Crippen molar-refractivity contribution in [2.45, 2.75) is 12.5 Å². The molecule has 0 radical (unpaired) electrons. The van der Waals surface area contributed by atoms with Crippen LogP contribution < -0.4 is 0 Å². The molecule has 78 valence electrons. The molecule has 0 N–H and O–H groups in total. The fraction of sp³-hybridized carbons (Fsp3) is 0.818. The van der Waals surface area contributed by atoms with Crippen LogP contribution in [0.4, 0.5) is 0 Å². The van der Waals surface area contributed by atoms with Gasteiger partial charge in [0.25, 0.3) is 0 Å².